The number of rotatable bonds is 10. The summed E-state index contributed by atoms with van der Waals surface area (Å²) in [6, 6.07) is 11.8. The predicted octanol–water partition coefficient (Wildman–Crippen LogP) is 4.67. The summed E-state index contributed by atoms with van der Waals surface area (Å²) in [4.78, 5) is 18.1. The summed E-state index contributed by atoms with van der Waals surface area (Å²) in [5.74, 6) is 0.364. The number of thiazole rings is 1. The lowest BCUT2D eigenvalue weighted by atomic mass is 10.2. The SMILES string of the molecule is CCCCN(C)S(=O)(=O)c1ccc(C(=O)N=c2sc3cccc(OCC)c3n2CCC)cc1. The fraction of sp³-hybridized carbons (Fsp3) is 0.417. The van der Waals surface area contributed by atoms with Crippen molar-refractivity contribution in [1.29, 1.82) is 0 Å². The van der Waals surface area contributed by atoms with Crippen LogP contribution in [0.2, 0.25) is 0 Å². The number of benzene rings is 2. The first-order chi connectivity index (χ1) is 15.8. The first kappa shape index (κ1) is 25.1. The van der Waals surface area contributed by atoms with Gasteiger partial charge in [-0.05, 0) is 56.2 Å². The van der Waals surface area contributed by atoms with Gasteiger partial charge in [0.25, 0.3) is 5.91 Å². The summed E-state index contributed by atoms with van der Waals surface area (Å²) in [6.45, 7) is 7.75. The topological polar surface area (TPSA) is 81.0 Å². The van der Waals surface area contributed by atoms with Crippen LogP contribution in [0.1, 0.15) is 50.4 Å². The molecule has 0 spiro atoms. The minimum atomic E-state index is -3.58. The van der Waals surface area contributed by atoms with E-state index in [1.54, 1.807) is 7.05 Å². The van der Waals surface area contributed by atoms with Crippen molar-refractivity contribution in [2.75, 3.05) is 20.2 Å². The van der Waals surface area contributed by atoms with Crippen LogP contribution in [0.4, 0.5) is 0 Å². The summed E-state index contributed by atoms with van der Waals surface area (Å²) in [5.41, 5.74) is 1.28. The Morgan fingerprint density at radius 1 is 1.09 bits per heavy atom. The number of carbonyl (C=O) groups excluding carboxylic acids is 1. The van der Waals surface area contributed by atoms with Crippen LogP contribution in [-0.4, -0.2) is 43.4 Å². The number of amides is 1. The highest BCUT2D eigenvalue weighted by atomic mass is 32.2. The van der Waals surface area contributed by atoms with Crippen LogP contribution in [0.15, 0.2) is 52.4 Å². The quantitative estimate of drug-likeness (QED) is 0.414. The van der Waals surface area contributed by atoms with Crippen molar-refractivity contribution in [3.05, 3.63) is 52.8 Å². The molecule has 33 heavy (non-hydrogen) atoms. The molecular weight excluding hydrogens is 458 g/mol. The molecule has 0 saturated carbocycles. The van der Waals surface area contributed by atoms with Crippen molar-refractivity contribution in [1.82, 2.24) is 8.87 Å². The molecule has 7 nitrogen and oxygen atoms in total. The van der Waals surface area contributed by atoms with E-state index < -0.39 is 15.9 Å². The second kappa shape index (κ2) is 11.1. The molecule has 0 aliphatic heterocycles. The van der Waals surface area contributed by atoms with Crippen LogP contribution >= 0.6 is 11.3 Å². The number of hydrogen-bond acceptors (Lipinski definition) is 5. The summed E-state index contributed by atoms with van der Waals surface area (Å²) >= 11 is 1.44. The van der Waals surface area contributed by atoms with Crippen LogP contribution in [0, 0.1) is 0 Å². The van der Waals surface area contributed by atoms with E-state index in [1.165, 1.54) is 39.9 Å². The number of unbranched alkanes of at least 4 members (excludes halogenated alkanes) is 1. The number of para-hydroxylation sites is 1. The van der Waals surface area contributed by atoms with E-state index in [1.807, 2.05) is 36.6 Å². The van der Waals surface area contributed by atoms with Crippen LogP contribution < -0.4 is 9.54 Å². The molecule has 3 aromatic rings. The van der Waals surface area contributed by atoms with Crippen LogP contribution in [-0.2, 0) is 16.6 Å². The molecule has 3 rings (SSSR count). The zero-order valence-electron chi connectivity index (χ0n) is 19.6. The second-order valence-corrected chi connectivity index (χ2v) is 10.7. The highest BCUT2D eigenvalue weighted by molar-refractivity contribution is 7.89. The van der Waals surface area contributed by atoms with E-state index in [9.17, 15) is 13.2 Å². The van der Waals surface area contributed by atoms with Gasteiger partial charge in [0.15, 0.2) is 4.80 Å². The van der Waals surface area contributed by atoms with Gasteiger partial charge in [0, 0.05) is 25.7 Å². The first-order valence-corrected chi connectivity index (χ1v) is 13.5. The van der Waals surface area contributed by atoms with Crippen LogP contribution in [0.5, 0.6) is 5.75 Å². The van der Waals surface area contributed by atoms with Gasteiger partial charge in [0.1, 0.15) is 11.3 Å². The molecule has 1 aromatic heterocycles. The van der Waals surface area contributed by atoms with E-state index in [4.69, 9.17) is 4.74 Å². The molecule has 0 fully saturated rings. The van der Waals surface area contributed by atoms with E-state index in [2.05, 4.69) is 11.9 Å². The van der Waals surface area contributed by atoms with Gasteiger partial charge in [0.05, 0.1) is 16.2 Å². The van der Waals surface area contributed by atoms with Crippen molar-refractivity contribution in [2.45, 2.75) is 51.5 Å². The number of carbonyl (C=O) groups is 1. The summed E-state index contributed by atoms with van der Waals surface area (Å²) < 4.78 is 35.6. The maximum atomic E-state index is 12.9. The maximum Gasteiger partial charge on any atom is 0.279 e. The smallest absolute Gasteiger partial charge is 0.279 e. The van der Waals surface area contributed by atoms with Crippen LogP contribution in [0.25, 0.3) is 10.2 Å². The largest absolute Gasteiger partial charge is 0.492 e. The molecule has 0 radical (unpaired) electrons. The third kappa shape index (κ3) is 5.54. The van der Waals surface area contributed by atoms with Gasteiger partial charge in [-0.25, -0.2) is 12.7 Å². The van der Waals surface area contributed by atoms with Gasteiger partial charge in [-0.3, -0.25) is 4.79 Å². The Kier molecular flexibility index (Phi) is 8.45. The van der Waals surface area contributed by atoms with E-state index in [-0.39, 0.29) is 4.90 Å². The lowest BCUT2D eigenvalue weighted by Gasteiger charge is -2.16. The van der Waals surface area contributed by atoms with Crippen molar-refractivity contribution < 1.29 is 17.9 Å². The van der Waals surface area contributed by atoms with E-state index in [0.29, 0.717) is 30.1 Å². The summed E-state index contributed by atoms with van der Waals surface area (Å²) in [7, 11) is -2.01. The molecule has 0 atom stereocenters. The number of nitrogens with zero attached hydrogens (tertiary/aromatic N) is 3. The Morgan fingerprint density at radius 3 is 2.45 bits per heavy atom. The third-order valence-corrected chi connectivity index (χ3v) is 8.16. The number of ether oxygens (including phenoxy) is 1. The van der Waals surface area contributed by atoms with Gasteiger partial charge >= 0.3 is 0 Å². The van der Waals surface area contributed by atoms with Crippen molar-refractivity contribution in [3.63, 3.8) is 0 Å². The zero-order valence-corrected chi connectivity index (χ0v) is 21.2. The summed E-state index contributed by atoms with van der Waals surface area (Å²) in [6.07, 6.45) is 2.59. The van der Waals surface area contributed by atoms with Crippen LogP contribution in [0.3, 0.4) is 0 Å². The molecule has 9 heteroatoms. The molecule has 1 heterocycles. The van der Waals surface area contributed by atoms with Gasteiger partial charge in [-0.15, -0.1) is 0 Å². The lowest BCUT2D eigenvalue weighted by Crippen LogP contribution is -2.27. The van der Waals surface area contributed by atoms with Gasteiger partial charge in [-0.2, -0.15) is 4.99 Å². The van der Waals surface area contributed by atoms with E-state index in [0.717, 1.165) is 35.2 Å². The number of hydrogen-bond donors (Lipinski definition) is 0. The number of aryl methyl sites for hydroxylation is 1. The molecule has 0 unspecified atom stereocenters. The maximum absolute atomic E-state index is 12.9. The molecule has 0 aliphatic rings. The Labute approximate surface area is 199 Å². The van der Waals surface area contributed by atoms with Gasteiger partial charge in [0.2, 0.25) is 10.0 Å². The number of sulfonamides is 1. The van der Waals surface area contributed by atoms with Gasteiger partial charge in [-0.1, -0.05) is 37.7 Å². The first-order valence-electron chi connectivity index (χ1n) is 11.2. The number of aromatic nitrogens is 1. The predicted molar refractivity (Wildman–Crippen MR) is 132 cm³/mol. The van der Waals surface area contributed by atoms with Crippen molar-refractivity contribution in [2.24, 2.45) is 4.99 Å². The second-order valence-electron chi connectivity index (χ2n) is 7.69. The molecule has 1 amide bonds. The molecule has 0 N–H and O–H groups in total. The fourth-order valence-corrected chi connectivity index (χ4v) is 5.77. The van der Waals surface area contributed by atoms with Crippen molar-refractivity contribution in [3.8, 4) is 5.75 Å². The Balaban J connectivity index is 1.96. The minimum absolute atomic E-state index is 0.168. The number of fused-ring (bicyclic) bond motifs is 1. The average molecular weight is 490 g/mol. The average Bonchev–Trinajstić information content (AvgIpc) is 3.15. The Hall–Kier alpha value is -2.49. The monoisotopic (exact) mass is 489 g/mol. The summed E-state index contributed by atoms with van der Waals surface area (Å²) in [5, 5.41) is 0. The standard InChI is InChI=1S/C24H31N3O4S2/c1-5-8-17-26(4)33(29,30)19-14-12-18(13-15-19)23(28)25-24-27(16-6-2)22-20(31-7-3)10-9-11-21(22)32-24/h9-15H,5-8,16-17H2,1-4H3. The zero-order chi connectivity index (χ0) is 24.0. The Bertz CT molecular complexity index is 1280. The van der Waals surface area contributed by atoms with Crippen molar-refractivity contribution >= 4 is 37.5 Å². The molecule has 178 valence electrons. The normalized spacial score (nSPS) is 12.6. The van der Waals surface area contributed by atoms with E-state index >= 15 is 0 Å². The highest BCUT2D eigenvalue weighted by Gasteiger charge is 2.20. The minimum Gasteiger partial charge on any atom is -0.492 e. The molecule has 0 aliphatic carbocycles. The molecule has 0 bridgehead atoms. The third-order valence-electron chi connectivity index (χ3n) is 5.24. The molecular formula is C24H31N3O4S2. The highest BCUT2D eigenvalue weighted by Crippen LogP contribution is 2.28. The lowest BCUT2D eigenvalue weighted by molar-refractivity contribution is 0.0997. The molecule has 2 aromatic carbocycles. The fourth-order valence-electron chi connectivity index (χ4n) is 3.49. The Morgan fingerprint density at radius 2 is 1.82 bits per heavy atom. The molecule has 0 saturated heterocycles. The van der Waals surface area contributed by atoms with Gasteiger partial charge < -0.3 is 9.30 Å².